The average molecular weight is 167 g/mol. The molecule has 2 aliphatic rings. The van der Waals surface area contributed by atoms with E-state index >= 15 is 0 Å². The lowest BCUT2D eigenvalue weighted by molar-refractivity contribution is -0.123. The van der Waals surface area contributed by atoms with Gasteiger partial charge in [0.25, 0.3) is 0 Å². The van der Waals surface area contributed by atoms with Gasteiger partial charge in [-0.2, -0.15) is 0 Å². The Morgan fingerprint density at radius 2 is 2.17 bits per heavy atom. The van der Waals surface area contributed by atoms with Gasteiger partial charge >= 0.3 is 0 Å². The van der Waals surface area contributed by atoms with E-state index in [0.29, 0.717) is 11.7 Å². The van der Waals surface area contributed by atoms with Gasteiger partial charge in [-0.1, -0.05) is 0 Å². The number of carbonyl (C=O) groups excluding carboxylic acids is 1. The molecule has 12 heavy (non-hydrogen) atoms. The molecule has 0 radical (unpaired) electrons. The van der Waals surface area contributed by atoms with Crippen LogP contribution in [0.1, 0.15) is 25.7 Å². The molecule has 0 aromatic carbocycles. The van der Waals surface area contributed by atoms with Crippen molar-refractivity contribution in [1.29, 1.82) is 0 Å². The minimum absolute atomic E-state index is 0.492. The molecular weight excluding hydrogens is 150 g/mol. The highest BCUT2D eigenvalue weighted by atomic mass is 16.1. The number of piperidine rings is 1. The summed E-state index contributed by atoms with van der Waals surface area (Å²) in [5.41, 5.74) is 0. The predicted molar refractivity (Wildman–Crippen MR) is 48.0 cm³/mol. The van der Waals surface area contributed by atoms with Gasteiger partial charge in [-0.25, -0.2) is 0 Å². The van der Waals surface area contributed by atoms with Crippen molar-refractivity contribution in [2.24, 2.45) is 11.8 Å². The number of fused-ring (bicyclic) bond motifs is 1. The van der Waals surface area contributed by atoms with Crippen LogP contribution in [0.15, 0.2) is 0 Å². The summed E-state index contributed by atoms with van der Waals surface area (Å²) in [6.07, 6.45) is 4.19. The Bertz CT molecular complexity index is 190. The first-order valence-corrected chi connectivity index (χ1v) is 4.96. The highest BCUT2D eigenvalue weighted by molar-refractivity contribution is 5.79. The molecular formula is C10H17NO. The van der Waals surface area contributed by atoms with Crippen LogP contribution in [-0.2, 0) is 4.79 Å². The van der Waals surface area contributed by atoms with Crippen LogP contribution in [-0.4, -0.2) is 30.8 Å². The third-order valence-corrected chi connectivity index (χ3v) is 3.38. The monoisotopic (exact) mass is 167 g/mol. The third kappa shape index (κ3) is 1.53. The summed E-state index contributed by atoms with van der Waals surface area (Å²) in [7, 11) is 2.16. The van der Waals surface area contributed by atoms with Gasteiger partial charge in [-0.05, 0) is 38.3 Å². The van der Waals surface area contributed by atoms with Gasteiger partial charge in [-0.3, -0.25) is 4.79 Å². The maximum atomic E-state index is 11.2. The molecule has 0 amide bonds. The predicted octanol–water partition coefficient (Wildman–Crippen LogP) is 1.31. The molecule has 1 aliphatic heterocycles. The number of hydrogen-bond acceptors (Lipinski definition) is 2. The van der Waals surface area contributed by atoms with Crippen molar-refractivity contribution in [3.8, 4) is 0 Å². The lowest BCUT2D eigenvalue weighted by Crippen LogP contribution is -2.41. The number of carbonyl (C=O) groups is 1. The molecule has 0 unspecified atom stereocenters. The molecule has 0 N–H and O–H groups in total. The Labute approximate surface area is 73.9 Å². The molecule has 2 nitrogen and oxygen atoms in total. The van der Waals surface area contributed by atoms with E-state index in [1.54, 1.807) is 0 Å². The molecule has 0 spiro atoms. The molecule has 1 saturated heterocycles. The van der Waals surface area contributed by atoms with Crippen LogP contribution in [0, 0.1) is 11.8 Å². The molecule has 0 aromatic rings. The van der Waals surface area contributed by atoms with Gasteiger partial charge in [0.2, 0.25) is 0 Å². The van der Waals surface area contributed by atoms with Gasteiger partial charge in [-0.15, -0.1) is 0 Å². The smallest absolute Gasteiger partial charge is 0.133 e. The number of ketones is 1. The third-order valence-electron chi connectivity index (χ3n) is 3.38. The van der Waals surface area contributed by atoms with Crippen molar-refractivity contribution >= 4 is 5.78 Å². The zero-order valence-corrected chi connectivity index (χ0v) is 7.75. The van der Waals surface area contributed by atoms with E-state index in [2.05, 4.69) is 11.9 Å². The first-order chi connectivity index (χ1) is 5.75. The Morgan fingerprint density at radius 3 is 3.00 bits per heavy atom. The molecule has 1 aliphatic carbocycles. The molecule has 68 valence electrons. The average Bonchev–Trinajstić information content (AvgIpc) is 2.03. The van der Waals surface area contributed by atoms with Gasteiger partial charge < -0.3 is 4.90 Å². The lowest BCUT2D eigenvalue weighted by Gasteiger charge is -2.39. The first-order valence-electron chi connectivity index (χ1n) is 4.96. The molecule has 0 bridgehead atoms. The highest BCUT2D eigenvalue weighted by Gasteiger charge is 2.32. The second kappa shape index (κ2) is 3.17. The Hall–Kier alpha value is -0.370. The summed E-state index contributed by atoms with van der Waals surface area (Å²) in [6, 6.07) is 0. The summed E-state index contributed by atoms with van der Waals surface area (Å²) < 4.78 is 0. The number of rotatable bonds is 0. The highest BCUT2D eigenvalue weighted by Crippen LogP contribution is 2.33. The van der Waals surface area contributed by atoms with Gasteiger partial charge in [0.1, 0.15) is 5.78 Å². The summed E-state index contributed by atoms with van der Waals surface area (Å²) in [6.45, 7) is 2.38. The van der Waals surface area contributed by atoms with Crippen LogP contribution >= 0.6 is 0 Å². The van der Waals surface area contributed by atoms with E-state index in [0.717, 1.165) is 31.7 Å². The number of hydrogen-bond donors (Lipinski definition) is 0. The molecule has 2 atom stereocenters. The number of Topliss-reactive ketones (excluding diaryl/α,β-unsaturated/α-hetero) is 1. The fraction of sp³-hybridized carbons (Fsp3) is 0.900. The van der Waals surface area contributed by atoms with Crippen LogP contribution in [0.2, 0.25) is 0 Å². The van der Waals surface area contributed by atoms with E-state index in [-0.39, 0.29) is 0 Å². The SMILES string of the molecule is CN1CC[C@H]2CCC(=O)C[C@@H]2C1. The van der Waals surface area contributed by atoms with Crippen molar-refractivity contribution in [1.82, 2.24) is 4.90 Å². The van der Waals surface area contributed by atoms with E-state index in [1.807, 2.05) is 0 Å². The minimum atomic E-state index is 0.492. The maximum absolute atomic E-state index is 11.2. The van der Waals surface area contributed by atoms with Gasteiger partial charge in [0.15, 0.2) is 0 Å². The van der Waals surface area contributed by atoms with E-state index in [4.69, 9.17) is 0 Å². The Balaban J connectivity index is 1.99. The molecule has 1 heterocycles. The van der Waals surface area contributed by atoms with E-state index < -0.39 is 0 Å². The van der Waals surface area contributed by atoms with Gasteiger partial charge in [0, 0.05) is 19.4 Å². The second-order valence-electron chi connectivity index (χ2n) is 4.35. The summed E-state index contributed by atoms with van der Waals surface area (Å²) in [5, 5.41) is 0. The molecule has 1 saturated carbocycles. The van der Waals surface area contributed by atoms with Crippen molar-refractivity contribution in [3.05, 3.63) is 0 Å². The zero-order valence-electron chi connectivity index (χ0n) is 7.75. The minimum Gasteiger partial charge on any atom is -0.306 e. The van der Waals surface area contributed by atoms with Crippen molar-refractivity contribution in [2.75, 3.05) is 20.1 Å². The topological polar surface area (TPSA) is 20.3 Å². The molecule has 2 fully saturated rings. The van der Waals surface area contributed by atoms with Crippen molar-refractivity contribution in [2.45, 2.75) is 25.7 Å². The van der Waals surface area contributed by atoms with Crippen molar-refractivity contribution < 1.29 is 4.79 Å². The van der Waals surface area contributed by atoms with E-state index in [9.17, 15) is 4.79 Å². The summed E-state index contributed by atoms with van der Waals surface area (Å²) in [4.78, 5) is 13.6. The van der Waals surface area contributed by atoms with Crippen LogP contribution in [0.25, 0.3) is 0 Å². The first kappa shape index (κ1) is 8.24. The van der Waals surface area contributed by atoms with E-state index in [1.165, 1.54) is 13.0 Å². The zero-order chi connectivity index (χ0) is 8.55. The molecule has 0 aromatic heterocycles. The molecule has 2 rings (SSSR count). The Morgan fingerprint density at radius 1 is 1.33 bits per heavy atom. The van der Waals surface area contributed by atoms with Crippen LogP contribution < -0.4 is 0 Å². The maximum Gasteiger partial charge on any atom is 0.133 e. The van der Waals surface area contributed by atoms with Crippen molar-refractivity contribution in [3.63, 3.8) is 0 Å². The fourth-order valence-corrected chi connectivity index (χ4v) is 2.61. The van der Waals surface area contributed by atoms with Gasteiger partial charge in [0.05, 0.1) is 0 Å². The second-order valence-corrected chi connectivity index (χ2v) is 4.35. The fourth-order valence-electron chi connectivity index (χ4n) is 2.61. The largest absolute Gasteiger partial charge is 0.306 e. The Kier molecular flexibility index (Phi) is 2.18. The summed E-state index contributed by atoms with van der Waals surface area (Å²) >= 11 is 0. The quantitative estimate of drug-likeness (QED) is 0.542. The standard InChI is InChI=1S/C10H17NO/c1-11-5-4-8-2-3-10(12)6-9(8)7-11/h8-9H,2-7H2,1H3/t8-,9-/m1/s1. The lowest BCUT2D eigenvalue weighted by atomic mass is 9.75. The van der Waals surface area contributed by atoms with Crippen LogP contribution in [0.3, 0.4) is 0 Å². The number of nitrogens with zero attached hydrogens (tertiary/aromatic N) is 1. The van der Waals surface area contributed by atoms with Crippen LogP contribution in [0.4, 0.5) is 0 Å². The molecule has 2 heteroatoms. The number of likely N-dealkylation sites (tertiary alicyclic amines) is 1. The normalized spacial score (nSPS) is 37.9. The summed E-state index contributed by atoms with van der Waals surface area (Å²) in [5.74, 6) is 2.04. The van der Waals surface area contributed by atoms with Crippen LogP contribution in [0.5, 0.6) is 0 Å².